The van der Waals surface area contributed by atoms with Gasteiger partial charge in [-0.1, -0.05) is 0 Å². The van der Waals surface area contributed by atoms with Gasteiger partial charge in [-0.2, -0.15) is 0 Å². The zero-order valence-electron chi connectivity index (χ0n) is 17.0. The summed E-state index contributed by atoms with van der Waals surface area (Å²) in [6.45, 7) is 0.814. The smallest absolute Gasteiger partial charge is 0.257 e. The Morgan fingerprint density at radius 1 is 1.00 bits per heavy atom. The van der Waals surface area contributed by atoms with Crippen molar-refractivity contribution in [2.24, 2.45) is 0 Å². The number of hydrogen-bond acceptors (Lipinski definition) is 5. The Hall–Kier alpha value is -3.22. The average molecular weight is 396 g/mol. The summed E-state index contributed by atoms with van der Waals surface area (Å²) >= 11 is 0. The standard InChI is InChI=1S/C22H24N2O5/c1-23-18-8-6-14(27-2)11-17(18)22(21(23)26)9-10-24(13-22)20(25)16-7-5-15(28-3)12-19(16)29-4/h5-8,11-12H,9-10,13H2,1-4H3. The maximum Gasteiger partial charge on any atom is 0.257 e. The number of anilines is 1. The second-order valence-corrected chi connectivity index (χ2v) is 7.37. The van der Waals surface area contributed by atoms with E-state index >= 15 is 0 Å². The number of ether oxygens (including phenoxy) is 3. The van der Waals surface area contributed by atoms with Crippen LogP contribution in [0.15, 0.2) is 36.4 Å². The topological polar surface area (TPSA) is 68.3 Å². The van der Waals surface area contributed by atoms with Gasteiger partial charge in [-0.25, -0.2) is 0 Å². The number of fused-ring (bicyclic) bond motifs is 2. The fourth-order valence-electron chi connectivity index (χ4n) is 4.39. The fourth-order valence-corrected chi connectivity index (χ4v) is 4.39. The number of amides is 2. The van der Waals surface area contributed by atoms with Gasteiger partial charge in [0.2, 0.25) is 5.91 Å². The summed E-state index contributed by atoms with van der Waals surface area (Å²) in [5.74, 6) is 1.62. The van der Waals surface area contributed by atoms with Gasteiger partial charge in [0.15, 0.2) is 0 Å². The van der Waals surface area contributed by atoms with Gasteiger partial charge in [0.05, 0.1) is 32.3 Å². The molecule has 29 heavy (non-hydrogen) atoms. The van der Waals surface area contributed by atoms with Crippen molar-refractivity contribution in [2.45, 2.75) is 11.8 Å². The molecule has 0 bridgehead atoms. The van der Waals surface area contributed by atoms with Crippen LogP contribution >= 0.6 is 0 Å². The molecule has 7 nitrogen and oxygen atoms in total. The summed E-state index contributed by atoms with van der Waals surface area (Å²) in [6, 6.07) is 10.8. The van der Waals surface area contributed by atoms with Crippen LogP contribution in [0, 0.1) is 0 Å². The van der Waals surface area contributed by atoms with Crippen molar-refractivity contribution in [3.63, 3.8) is 0 Å². The third-order valence-electron chi connectivity index (χ3n) is 5.99. The van der Waals surface area contributed by atoms with E-state index in [4.69, 9.17) is 14.2 Å². The number of hydrogen-bond donors (Lipinski definition) is 0. The molecule has 152 valence electrons. The average Bonchev–Trinajstić information content (AvgIpc) is 3.30. The molecule has 2 aliphatic rings. The Balaban J connectivity index is 1.68. The molecular weight excluding hydrogens is 372 g/mol. The van der Waals surface area contributed by atoms with E-state index in [9.17, 15) is 9.59 Å². The number of nitrogens with zero attached hydrogens (tertiary/aromatic N) is 2. The highest BCUT2D eigenvalue weighted by Crippen LogP contribution is 2.48. The van der Waals surface area contributed by atoms with Crippen LogP contribution < -0.4 is 19.1 Å². The molecule has 1 spiro atoms. The lowest BCUT2D eigenvalue weighted by molar-refractivity contribution is -0.122. The highest BCUT2D eigenvalue weighted by Gasteiger charge is 2.54. The molecule has 1 atom stereocenters. The zero-order valence-corrected chi connectivity index (χ0v) is 17.0. The maximum atomic E-state index is 13.2. The van der Waals surface area contributed by atoms with Gasteiger partial charge in [-0.15, -0.1) is 0 Å². The molecule has 0 aromatic heterocycles. The van der Waals surface area contributed by atoms with Crippen molar-refractivity contribution >= 4 is 17.5 Å². The highest BCUT2D eigenvalue weighted by molar-refractivity contribution is 6.09. The lowest BCUT2D eigenvalue weighted by atomic mass is 9.81. The van der Waals surface area contributed by atoms with Gasteiger partial charge in [0.25, 0.3) is 5.91 Å². The number of rotatable bonds is 4. The van der Waals surface area contributed by atoms with Crippen LogP contribution in [0.1, 0.15) is 22.3 Å². The third-order valence-corrected chi connectivity index (χ3v) is 5.99. The van der Waals surface area contributed by atoms with E-state index < -0.39 is 5.41 Å². The van der Waals surface area contributed by atoms with Gasteiger partial charge in [0, 0.05) is 31.9 Å². The Bertz CT molecular complexity index is 989. The minimum absolute atomic E-state index is 0.0118. The first kappa shape index (κ1) is 19.1. The van der Waals surface area contributed by atoms with E-state index in [0.29, 0.717) is 42.3 Å². The van der Waals surface area contributed by atoms with Gasteiger partial charge in [0.1, 0.15) is 17.2 Å². The molecule has 2 amide bonds. The first-order valence-electron chi connectivity index (χ1n) is 9.43. The van der Waals surface area contributed by atoms with Crippen molar-refractivity contribution in [1.82, 2.24) is 4.90 Å². The van der Waals surface area contributed by atoms with Crippen LogP contribution in [-0.2, 0) is 10.2 Å². The Kier molecular flexibility index (Phi) is 4.61. The largest absolute Gasteiger partial charge is 0.497 e. The van der Waals surface area contributed by atoms with E-state index in [-0.39, 0.29) is 11.8 Å². The Morgan fingerprint density at radius 3 is 2.38 bits per heavy atom. The number of benzene rings is 2. The first-order valence-corrected chi connectivity index (χ1v) is 9.43. The van der Waals surface area contributed by atoms with E-state index in [2.05, 4.69) is 0 Å². The van der Waals surface area contributed by atoms with E-state index in [1.165, 1.54) is 7.11 Å². The fraction of sp³-hybridized carbons (Fsp3) is 0.364. The first-order chi connectivity index (χ1) is 13.9. The SMILES string of the molecule is COc1ccc(C(=O)N2CCC3(C2)C(=O)N(C)c2ccc(OC)cc23)c(OC)c1. The molecular formula is C22H24N2O5. The number of carbonyl (C=O) groups excluding carboxylic acids is 2. The van der Waals surface area contributed by atoms with Crippen LogP contribution in [0.25, 0.3) is 0 Å². The van der Waals surface area contributed by atoms with Gasteiger partial charge < -0.3 is 24.0 Å². The predicted molar refractivity (Wildman–Crippen MR) is 108 cm³/mol. The van der Waals surface area contributed by atoms with E-state index in [1.54, 1.807) is 49.3 Å². The molecule has 2 aliphatic heterocycles. The monoisotopic (exact) mass is 396 g/mol. The second kappa shape index (κ2) is 6.99. The molecule has 1 saturated heterocycles. The second-order valence-electron chi connectivity index (χ2n) is 7.37. The Morgan fingerprint density at radius 2 is 1.69 bits per heavy atom. The lowest BCUT2D eigenvalue weighted by Gasteiger charge is -2.24. The van der Waals surface area contributed by atoms with Crippen molar-refractivity contribution in [3.05, 3.63) is 47.5 Å². The van der Waals surface area contributed by atoms with Crippen LogP contribution in [0.5, 0.6) is 17.2 Å². The van der Waals surface area contributed by atoms with Crippen molar-refractivity contribution < 1.29 is 23.8 Å². The summed E-state index contributed by atoms with van der Waals surface area (Å²) in [5.41, 5.74) is 1.50. The molecule has 0 radical (unpaired) electrons. The summed E-state index contributed by atoms with van der Waals surface area (Å²) in [5, 5.41) is 0. The zero-order chi connectivity index (χ0) is 20.8. The van der Waals surface area contributed by atoms with Gasteiger partial charge >= 0.3 is 0 Å². The molecule has 0 saturated carbocycles. The molecule has 0 aliphatic carbocycles. The summed E-state index contributed by atoms with van der Waals surface area (Å²) in [4.78, 5) is 29.9. The molecule has 0 N–H and O–H groups in total. The van der Waals surface area contributed by atoms with Crippen molar-refractivity contribution in [1.29, 1.82) is 0 Å². The minimum Gasteiger partial charge on any atom is -0.497 e. The summed E-state index contributed by atoms with van der Waals surface area (Å²) in [7, 11) is 6.47. The molecule has 4 rings (SSSR count). The lowest BCUT2D eigenvalue weighted by Crippen LogP contribution is -2.42. The van der Waals surface area contributed by atoms with Crippen LogP contribution in [0.3, 0.4) is 0 Å². The van der Waals surface area contributed by atoms with Crippen LogP contribution in [-0.4, -0.2) is 58.2 Å². The maximum absolute atomic E-state index is 13.2. The molecule has 2 aromatic carbocycles. The summed E-state index contributed by atoms with van der Waals surface area (Å²) in [6.07, 6.45) is 0.570. The molecule has 1 fully saturated rings. The van der Waals surface area contributed by atoms with Crippen LogP contribution in [0.2, 0.25) is 0 Å². The minimum atomic E-state index is -0.742. The normalized spacial score (nSPS) is 20.2. The Labute approximate surface area is 169 Å². The number of carbonyl (C=O) groups is 2. The quantitative estimate of drug-likeness (QED) is 0.794. The molecule has 2 heterocycles. The molecule has 1 unspecified atom stereocenters. The highest BCUT2D eigenvalue weighted by atomic mass is 16.5. The molecule has 7 heteroatoms. The van der Waals surface area contributed by atoms with E-state index in [0.717, 1.165) is 11.3 Å². The number of likely N-dealkylation sites (N-methyl/N-ethyl adjacent to an activating group) is 1. The third kappa shape index (κ3) is 2.80. The van der Waals surface area contributed by atoms with Crippen LogP contribution in [0.4, 0.5) is 5.69 Å². The number of likely N-dealkylation sites (tertiary alicyclic amines) is 1. The predicted octanol–water partition coefficient (Wildman–Crippen LogP) is 2.47. The van der Waals surface area contributed by atoms with Gasteiger partial charge in [-0.3, -0.25) is 9.59 Å². The summed E-state index contributed by atoms with van der Waals surface area (Å²) < 4.78 is 16.0. The van der Waals surface area contributed by atoms with Crippen molar-refractivity contribution in [3.8, 4) is 17.2 Å². The van der Waals surface area contributed by atoms with Gasteiger partial charge in [-0.05, 0) is 42.3 Å². The van der Waals surface area contributed by atoms with E-state index in [1.807, 2.05) is 18.2 Å². The molecule has 2 aromatic rings. The number of methoxy groups -OCH3 is 3. The van der Waals surface area contributed by atoms with Crippen molar-refractivity contribution in [2.75, 3.05) is 46.4 Å².